The van der Waals surface area contributed by atoms with E-state index in [1.807, 2.05) is 12.1 Å². The maximum absolute atomic E-state index is 12.3. The first-order chi connectivity index (χ1) is 15.2. The number of carbonyl (C=O) groups is 1. The zero-order valence-electron chi connectivity index (χ0n) is 17.1. The molecule has 4 aromatic rings. The molecule has 1 amide bonds. The van der Waals surface area contributed by atoms with Crippen LogP contribution in [0.2, 0.25) is 0 Å². The highest BCUT2D eigenvalue weighted by Crippen LogP contribution is 2.28. The van der Waals surface area contributed by atoms with Crippen LogP contribution in [0, 0.1) is 0 Å². The second-order valence-corrected chi connectivity index (χ2v) is 7.76. The second-order valence-electron chi connectivity index (χ2n) is 7.76. The Hall–Kier alpha value is -3.87. The summed E-state index contributed by atoms with van der Waals surface area (Å²) < 4.78 is 2.60. The molecule has 156 valence electrons. The van der Waals surface area contributed by atoms with Gasteiger partial charge >= 0.3 is 5.69 Å². The molecular weight excluding hydrogens is 390 g/mol. The third-order valence-electron chi connectivity index (χ3n) is 5.65. The van der Waals surface area contributed by atoms with Gasteiger partial charge in [0.15, 0.2) is 5.65 Å². The van der Waals surface area contributed by atoms with Crippen molar-refractivity contribution in [2.75, 3.05) is 11.4 Å². The predicted molar refractivity (Wildman–Crippen MR) is 119 cm³/mol. The Morgan fingerprint density at radius 1 is 0.968 bits per heavy atom. The van der Waals surface area contributed by atoms with Gasteiger partial charge in [-0.3, -0.25) is 9.20 Å². The lowest BCUT2D eigenvalue weighted by atomic mass is 10.1. The van der Waals surface area contributed by atoms with Crippen LogP contribution in [0.1, 0.15) is 16.7 Å². The number of para-hydroxylation sites is 1. The summed E-state index contributed by atoms with van der Waals surface area (Å²) in [6, 6.07) is 22.1. The van der Waals surface area contributed by atoms with Gasteiger partial charge in [-0.15, -0.1) is 5.10 Å². The van der Waals surface area contributed by atoms with Crippen molar-refractivity contribution in [2.24, 2.45) is 0 Å². The normalized spacial score (nSPS) is 12.8. The SMILES string of the molecule is O=C(Cn1nc2ccccn2c1=O)NCc1ccc(CN2CCc3ccccc32)cc1. The van der Waals surface area contributed by atoms with E-state index >= 15 is 0 Å². The Morgan fingerprint density at radius 2 is 1.74 bits per heavy atom. The molecule has 0 bridgehead atoms. The summed E-state index contributed by atoms with van der Waals surface area (Å²) in [6.45, 7) is 2.22. The fourth-order valence-electron chi connectivity index (χ4n) is 4.02. The first-order valence-corrected chi connectivity index (χ1v) is 10.4. The molecule has 31 heavy (non-hydrogen) atoms. The van der Waals surface area contributed by atoms with Gasteiger partial charge in [0.1, 0.15) is 6.54 Å². The zero-order valence-corrected chi connectivity index (χ0v) is 17.1. The Balaban J connectivity index is 1.17. The van der Waals surface area contributed by atoms with Gasteiger partial charge in [0.2, 0.25) is 5.91 Å². The molecule has 0 saturated heterocycles. The van der Waals surface area contributed by atoms with Crippen LogP contribution in [0.4, 0.5) is 5.69 Å². The molecule has 1 N–H and O–H groups in total. The molecule has 7 nitrogen and oxygen atoms in total. The van der Waals surface area contributed by atoms with Crippen molar-refractivity contribution in [1.82, 2.24) is 19.5 Å². The van der Waals surface area contributed by atoms with E-state index in [9.17, 15) is 9.59 Å². The van der Waals surface area contributed by atoms with Crippen molar-refractivity contribution in [3.05, 3.63) is 100 Å². The molecule has 0 fully saturated rings. The Morgan fingerprint density at radius 3 is 2.58 bits per heavy atom. The largest absolute Gasteiger partial charge is 0.367 e. The van der Waals surface area contributed by atoms with Crippen LogP contribution < -0.4 is 15.9 Å². The second kappa shape index (κ2) is 8.10. The van der Waals surface area contributed by atoms with Crippen molar-refractivity contribution in [3.8, 4) is 0 Å². The molecule has 2 aromatic heterocycles. The standard InChI is InChI=1S/C24H23N5O2/c30-23(17-29-24(31)28-13-4-3-7-22(28)26-29)25-15-18-8-10-19(11-9-18)16-27-14-12-20-5-1-2-6-21(20)27/h1-11,13H,12,14-17H2,(H,25,30). The minimum atomic E-state index is -0.321. The van der Waals surface area contributed by atoms with Gasteiger partial charge in [0.25, 0.3) is 0 Å². The third kappa shape index (κ3) is 3.94. The average molecular weight is 413 g/mol. The third-order valence-corrected chi connectivity index (χ3v) is 5.65. The topological polar surface area (TPSA) is 71.6 Å². The van der Waals surface area contributed by atoms with Crippen LogP contribution in [0.15, 0.2) is 77.7 Å². The van der Waals surface area contributed by atoms with Gasteiger partial charge in [-0.2, -0.15) is 0 Å². The lowest BCUT2D eigenvalue weighted by Gasteiger charge is -2.19. The van der Waals surface area contributed by atoms with Crippen LogP contribution in [-0.4, -0.2) is 26.6 Å². The molecular formula is C24H23N5O2. The maximum Gasteiger partial charge on any atom is 0.350 e. The number of rotatable bonds is 6. The number of nitrogens with one attached hydrogen (secondary N) is 1. The lowest BCUT2D eigenvalue weighted by molar-refractivity contribution is -0.122. The molecule has 0 radical (unpaired) electrons. The predicted octanol–water partition coefficient (Wildman–Crippen LogP) is 2.38. The molecule has 5 rings (SSSR count). The Bertz CT molecular complexity index is 1290. The number of carbonyl (C=O) groups excluding carboxylic acids is 1. The summed E-state index contributed by atoms with van der Waals surface area (Å²) >= 11 is 0. The average Bonchev–Trinajstić information content (AvgIpc) is 3.34. The van der Waals surface area contributed by atoms with Crippen molar-refractivity contribution in [2.45, 2.75) is 26.1 Å². The number of hydrogen-bond donors (Lipinski definition) is 1. The first-order valence-electron chi connectivity index (χ1n) is 10.4. The van der Waals surface area contributed by atoms with Gasteiger partial charge in [-0.05, 0) is 41.3 Å². The van der Waals surface area contributed by atoms with Crippen LogP contribution >= 0.6 is 0 Å². The zero-order chi connectivity index (χ0) is 21.2. The minimum Gasteiger partial charge on any atom is -0.367 e. The summed E-state index contributed by atoms with van der Waals surface area (Å²) in [5.74, 6) is -0.247. The van der Waals surface area contributed by atoms with Gasteiger partial charge in [-0.25, -0.2) is 9.48 Å². The highest BCUT2D eigenvalue weighted by Gasteiger charge is 2.18. The number of hydrogen-bond acceptors (Lipinski definition) is 4. The van der Waals surface area contributed by atoms with Gasteiger partial charge < -0.3 is 10.2 Å². The minimum absolute atomic E-state index is 0.104. The van der Waals surface area contributed by atoms with Crippen molar-refractivity contribution in [1.29, 1.82) is 0 Å². The molecule has 1 aliphatic heterocycles. The number of nitrogens with zero attached hydrogens (tertiary/aromatic N) is 4. The van der Waals surface area contributed by atoms with Gasteiger partial charge in [-0.1, -0.05) is 48.5 Å². The lowest BCUT2D eigenvalue weighted by Crippen LogP contribution is -2.32. The van der Waals surface area contributed by atoms with Crippen molar-refractivity contribution < 1.29 is 4.79 Å². The Kier molecular flexibility index (Phi) is 5.00. The summed E-state index contributed by atoms with van der Waals surface area (Å²) in [5.41, 5.74) is 5.19. The molecule has 0 spiro atoms. The van der Waals surface area contributed by atoms with Crippen LogP contribution in [-0.2, 0) is 30.8 Å². The summed E-state index contributed by atoms with van der Waals surface area (Å²) in [4.78, 5) is 27.0. The highest BCUT2D eigenvalue weighted by atomic mass is 16.2. The highest BCUT2D eigenvalue weighted by molar-refractivity contribution is 5.75. The summed E-state index contributed by atoms with van der Waals surface area (Å²) in [6.07, 6.45) is 2.73. The molecule has 7 heteroatoms. The number of benzene rings is 2. The van der Waals surface area contributed by atoms with Crippen LogP contribution in [0.3, 0.4) is 0 Å². The first kappa shape index (κ1) is 19.1. The molecule has 3 heterocycles. The van der Waals surface area contributed by atoms with Gasteiger partial charge in [0, 0.05) is 31.5 Å². The van der Waals surface area contributed by atoms with Crippen LogP contribution in [0.5, 0.6) is 0 Å². The fraction of sp³-hybridized carbons (Fsp3) is 0.208. The van der Waals surface area contributed by atoms with Crippen molar-refractivity contribution >= 4 is 17.2 Å². The Labute approximate surface area is 179 Å². The number of amides is 1. The number of pyridine rings is 1. The maximum atomic E-state index is 12.3. The van der Waals surface area contributed by atoms with E-state index in [-0.39, 0.29) is 18.1 Å². The molecule has 0 atom stereocenters. The van der Waals surface area contributed by atoms with E-state index < -0.39 is 0 Å². The molecule has 0 saturated carbocycles. The molecule has 2 aromatic carbocycles. The number of anilines is 1. The van der Waals surface area contributed by atoms with E-state index in [1.54, 1.807) is 24.4 Å². The van der Waals surface area contributed by atoms with E-state index in [2.05, 4.69) is 51.7 Å². The number of aromatic nitrogens is 3. The summed E-state index contributed by atoms with van der Waals surface area (Å²) in [7, 11) is 0. The van der Waals surface area contributed by atoms with Crippen molar-refractivity contribution in [3.63, 3.8) is 0 Å². The molecule has 0 aliphatic carbocycles. The van der Waals surface area contributed by atoms with Crippen LogP contribution in [0.25, 0.3) is 5.65 Å². The number of fused-ring (bicyclic) bond motifs is 2. The van der Waals surface area contributed by atoms with E-state index in [0.717, 1.165) is 25.1 Å². The smallest absolute Gasteiger partial charge is 0.350 e. The molecule has 0 unspecified atom stereocenters. The quantitative estimate of drug-likeness (QED) is 0.527. The van der Waals surface area contributed by atoms with E-state index in [4.69, 9.17) is 0 Å². The molecule has 1 aliphatic rings. The van der Waals surface area contributed by atoms with E-state index in [1.165, 1.54) is 25.9 Å². The van der Waals surface area contributed by atoms with Gasteiger partial charge in [0.05, 0.1) is 0 Å². The van der Waals surface area contributed by atoms with E-state index in [0.29, 0.717) is 12.2 Å². The summed E-state index contributed by atoms with van der Waals surface area (Å²) in [5, 5.41) is 7.05. The monoisotopic (exact) mass is 413 g/mol. The fourth-order valence-corrected chi connectivity index (χ4v) is 4.02.